The lowest BCUT2D eigenvalue weighted by Gasteiger charge is -2.07. The van der Waals surface area contributed by atoms with Crippen molar-refractivity contribution >= 4 is 17.6 Å². The van der Waals surface area contributed by atoms with Gasteiger partial charge in [-0.1, -0.05) is 19.8 Å². The van der Waals surface area contributed by atoms with Crippen molar-refractivity contribution in [1.29, 1.82) is 0 Å². The van der Waals surface area contributed by atoms with E-state index < -0.39 is 5.97 Å². The molecule has 0 atom stereocenters. The van der Waals surface area contributed by atoms with Crippen LogP contribution in [0.4, 0.5) is 5.69 Å². The molecule has 6 nitrogen and oxygen atoms in total. The Labute approximate surface area is 130 Å². The van der Waals surface area contributed by atoms with Gasteiger partial charge in [-0.2, -0.15) is 0 Å². The predicted octanol–water partition coefficient (Wildman–Crippen LogP) is 3.02. The van der Waals surface area contributed by atoms with Gasteiger partial charge < -0.3 is 20.3 Å². The first-order chi connectivity index (χ1) is 10.5. The van der Waals surface area contributed by atoms with E-state index in [0.717, 1.165) is 25.9 Å². The quantitative estimate of drug-likeness (QED) is 0.577. The van der Waals surface area contributed by atoms with Gasteiger partial charge in [0.15, 0.2) is 0 Å². The van der Waals surface area contributed by atoms with Crippen molar-refractivity contribution in [1.82, 2.24) is 0 Å². The Kier molecular flexibility index (Phi) is 7.99. The molecule has 3 N–H and O–H groups in total. The van der Waals surface area contributed by atoms with E-state index >= 15 is 0 Å². The number of ether oxygens (including phenoxy) is 1. The zero-order chi connectivity index (χ0) is 16.4. The molecule has 0 aliphatic rings. The number of carboxylic acid groups (broad SMARTS) is 1. The smallest absolute Gasteiger partial charge is 0.339 e. The highest BCUT2D eigenvalue weighted by Gasteiger charge is 2.10. The Morgan fingerprint density at radius 2 is 1.91 bits per heavy atom. The maximum Gasteiger partial charge on any atom is 0.339 e. The van der Waals surface area contributed by atoms with Gasteiger partial charge in [-0.3, -0.25) is 4.79 Å². The summed E-state index contributed by atoms with van der Waals surface area (Å²) in [7, 11) is 0. The summed E-state index contributed by atoms with van der Waals surface area (Å²) in [6.45, 7) is 3.39. The number of phenols is 1. The van der Waals surface area contributed by atoms with Crippen LogP contribution in [0.25, 0.3) is 0 Å². The lowest BCUT2D eigenvalue weighted by molar-refractivity contribution is -0.116. The van der Waals surface area contributed by atoms with E-state index in [0.29, 0.717) is 25.1 Å². The molecule has 1 rings (SSSR count). The number of benzene rings is 1. The van der Waals surface area contributed by atoms with Crippen LogP contribution in [0.2, 0.25) is 0 Å². The molecule has 0 unspecified atom stereocenters. The molecule has 0 bridgehead atoms. The molecule has 0 heterocycles. The molecule has 0 fully saturated rings. The molecule has 1 aromatic rings. The van der Waals surface area contributed by atoms with Crippen molar-refractivity contribution in [2.75, 3.05) is 18.5 Å². The van der Waals surface area contributed by atoms with Crippen LogP contribution in [-0.2, 0) is 9.53 Å². The fourth-order valence-electron chi connectivity index (χ4n) is 1.90. The van der Waals surface area contributed by atoms with Gasteiger partial charge in [0.1, 0.15) is 11.3 Å². The predicted molar refractivity (Wildman–Crippen MR) is 83.3 cm³/mol. The van der Waals surface area contributed by atoms with Gasteiger partial charge >= 0.3 is 5.97 Å². The Balaban J connectivity index is 2.28. The van der Waals surface area contributed by atoms with Crippen LogP contribution in [0, 0.1) is 0 Å². The minimum atomic E-state index is -1.21. The Hall–Kier alpha value is -2.08. The zero-order valence-electron chi connectivity index (χ0n) is 12.8. The number of carboxylic acids is 1. The standard InChI is InChI=1S/C16H23NO5/c1-2-3-4-9-22-10-5-6-15(19)17-12-7-8-13(16(20)21)14(18)11-12/h7-8,11,18H,2-6,9-10H2,1H3,(H,17,19)(H,20,21). The van der Waals surface area contributed by atoms with Crippen LogP contribution in [0.3, 0.4) is 0 Å². The first kappa shape index (κ1) is 18.0. The average molecular weight is 309 g/mol. The van der Waals surface area contributed by atoms with Gasteiger partial charge in [-0.05, 0) is 25.0 Å². The number of carbonyl (C=O) groups is 2. The molecular formula is C16H23NO5. The molecular weight excluding hydrogens is 286 g/mol. The fourth-order valence-corrected chi connectivity index (χ4v) is 1.90. The molecule has 1 aromatic carbocycles. The van der Waals surface area contributed by atoms with Gasteiger partial charge in [0.05, 0.1) is 0 Å². The van der Waals surface area contributed by atoms with E-state index in [2.05, 4.69) is 12.2 Å². The third kappa shape index (κ3) is 6.58. The maximum atomic E-state index is 11.7. The number of nitrogens with one attached hydrogen (secondary N) is 1. The monoisotopic (exact) mass is 309 g/mol. The van der Waals surface area contributed by atoms with Crippen molar-refractivity contribution in [2.24, 2.45) is 0 Å². The lowest BCUT2D eigenvalue weighted by atomic mass is 10.2. The molecule has 0 saturated heterocycles. The molecule has 22 heavy (non-hydrogen) atoms. The third-order valence-corrected chi connectivity index (χ3v) is 3.10. The van der Waals surface area contributed by atoms with E-state index in [1.807, 2.05) is 0 Å². The number of unbranched alkanes of at least 4 members (excludes halogenated alkanes) is 2. The molecule has 0 spiro atoms. The van der Waals surface area contributed by atoms with E-state index in [1.54, 1.807) is 0 Å². The zero-order valence-corrected chi connectivity index (χ0v) is 12.8. The van der Waals surface area contributed by atoms with Crippen LogP contribution in [0.15, 0.2) is 18.2 Å². The second-order valence-electron chi connectivity index (χ2n) is 5.01. The van der Waals surface area contributed by atoms with Crippen molar-refractivity contribution in [3.05, 3.63) is 23.8 Å². The summed E-state index contributed by atoms with van der Waals surface area (Å²) in [6.07, 6.45) is 4.28. The van der Waals surface area contributed by atoms with Crippen molar-refractivity contribution in [3.8, 4) is 5.75 Å². The number of carbonyl (C=O) groups excluding carboxylic acids is 1. The number of aromatic carboxylic acids is 1. The number of hydrogen-bond acceptors (Lipinski definition) is 4. The molecule has 0 radical (unpaired) electrons. The molecule has 1 amide bonds. The topological polar surface area (TPSA) is 95.9 Å². The van der Waals surface area contributed by atoms with Gasteiger partial charge in [-0.25, -0.2) is 4.79 Å². The molecule has 6 heteroatoms. The molecule has 0 aliphatic carbocycles. The number of rotatable bonds is 10. The number of aromatic hydroxyl groups is 1. The summed E-state index contributed by atoms with van der Waals surface area (Å²) in [6, 6.07) is 3.93. The van der Waals surface area contributed by atoms with Crippen LogP contribution in [0.1, 0.15) is 49.4 Å². The molecule has 0 aliphatic heterocycles. The SMILES string of the molecule is CCCCCOCCCC(=O)Nc1ccc(C(=O)O)c(O)c1. The summed E-state index contributed by atoms with van der Waals surface area (Å²) in [5.74, 6) is -1.78. The van der Waals surface area contributed by atoms with Crippen LogP contribution in [-0.4, -0.2) is 35.3 Å². The summed E-state index contributed by atoms with van der Waals surface area (Å²) in [5, 5.41) is 20.9. The first-order valence-corrected chi connectivity index (χ1v) is 7.48. The Morgan fingerprint density at radius 3 is 2.55 bits per heavy atom. The van der Waals surface area contributed by atoms with Crippen LogP contribution in [0.5, 0.6) is 5.75 Å². The van der Waals surface area contributed by atoms with Gasteiger partial charge in [-0.15, -0.1) is 0 Å². The highest BCUT2D eigenvalue weighted by Crippen LogP contribution is 2.22. The summed E-state index contributed by atoms with van der Waals surface area (Å²) >= 11 is 0. The number of hydrogen-bond donors (Lipinski definition) is 3. The highest BCUT2D eigenvalue weighted by molar-refractivity contribution is 5.94. The normalized spacial score (nSPS) is 10.4. The van der Waals surface area contributed by atoms with Gasteiger partial charge in [0.2, 0.25) is 5.91 Å². The molecule has 0 saturated carbocycles. The van der Waals surface area contributed by atoms with E-state index in [9.17, 15) is 14.7 Å². The maximum absolute atomic E-state index is 11.7. The van der Waals surface area contributed by atoms with E-state index in [-0.39, 0.29) is 17.2 Å². The van der Waals surface area contributed by atoms with Crippen LogP contribution >= 0.6 is 0 Å². The third-order valence-electron chi connectivity index (χ3n) is 3.10. The minimum Gasteiger partial charge on any atom is -0.507 e. The van der Waals surface area contributed by atoms with E-state index in [4.69, 9.17) is 9.84 Å². The summed E-state index contributed by atoms with van der Waals surface area (Å²) in [4.78, 5) is 22.5. The van der Waals surface area contributed by atoms with Gasteiger partial charge in [0.25, 0.3) is 0 Å². The number of anilines is 1. The molecule has 122 valence electrons. The largest absolute Gasteiger partial charge is 0.507 e. The minimum absolute atomic E-state index is 0.195. The average Bonchev–Trinajstić information content (AvgIpc) is 2.46. The summed E-state index contributed by atoms with van der Waals surface area (Å²) < 4.78 is 5.41. The van der Waals surface area contributed by atoms with Crippen molar-refractivity contribution in [2.45, 2.75) is 39.0 Å². The Morgan fingerprint density at radius 1 is 1.18 bits per heavy atom. The number of amides is 1. The summed E-state index contributed by atoms with van der Waals surface area (Å²) in [5.41, 5.74) is 0.176. The Bertz CT molecular complexity index is 501. The second-order valence-corrected chi connectivity index (χ2v) is 5.01. The molecule has 0 aromatic heterocycles. The highest BCUT2D eigenvalue weighted by atomic mass is 16.5. The van der Waals surface area contributed by atoms with E-state index in [1.165, 1.54) is 18.2 Å². The fraction of sp³-hybridized carbons (Fsp3) is 0.500. The first-order valence-electron chi connectivity index (χ1n) is 7.48. The van der Waals surface area contributed by atoms with Gasteiger partial charge in [0, 0.05) is 31.4 Å². The second kappa shape index (κ2) is 9.78. The van der Waals surface area contributed by atoms with Crippen molar-refractivity contribution in [3.63, 3.8) is 0 Å². The lowest BCUT2D eigenvalue weighted by Crippen LogP contribution is -2.12. The van der Waals surface area contributed by atoms with Crippen LogP contribution < -0.4 is 5.32 Å². The van der Waals surface area contributed by atoms with Crippen molar-refractivity contribution < 1.29 is 24.5 Å².